The van der Waals surface area contributed by atoms with Crippen LogP contribution in [0, 0.1) is 0 Å². The first kappa shape index (κ1) is 13.9. The zero-order valence-electron chi connectivity index (χ0n) is 11.9. The summed E-state index contributed by atoms with van der Waals surface area (Å²) >= 11 is 0. The van der Waals surface area contributed by atoms with E-state index in [1.807, 2.05) is 36.1 Å². The number of benzene rings is 1. The Labute approximate surface area is 115 Å². The summed E-state index contributed by atoms with van der Waals surface area (Å²) in [6.45, 7) is 5.35. The van der Waals surface area contributed by atoms with Crippen molar-refractivity contribution in [3.05, 3.63) is 29.8 Å². The van der Waals surface area contributed by atoms with Crippen LogP contribution in [-0.4, -0.2) is 30.0 Å². The van der Waals surface area contributed by atoms with E-state index in [0.717, 1.165) is 19.4 Å². The largest absolute Gasteiger partial charge is 0.493 e. The van der Waals surface area contributed by atoms with Gasteiger partial charge in [0.1, 0.15) is 5.75 Å². The van der Waals surface area contributed by atoms with Gasteiger partial charge in [0.2, 0.25) is 0 Å². The minimum atomic E-state index is 0.110. The number of amides is 1. The lowest BCUT2D eigenvalue weighted by Gasteiger charge is -2.28. The number of carbonyl (C=O) groups excluding carboxylic acids is 1. The maximum Gasteiger partial charge on any atom is 0.257 e. The first-order valence-corrected chi connectivity index (χ1v) is 7.30. The summed E-state index contributed by atoms with van der Waals surface area (Å²) in [6.07, 6.45) is 4.75. The van der Waals surface area contributed by atoms with Crippen molar-refractivity contribution < 1.29 is 9.53 Å². The van der Waals surface area contributed by atoms with E-state index in [4.69, 9.17) is 4.74 Å². The summed E-state index contributed by atoms with van der Waals surface area (Å²) in [4.78, 5) is 14.7. The number of carbonyl (C=O) groups is 1. The number of rotatable bonds is 5. The van der Waals surface area contributed by atoms with Crippen LogP contribution in [0.4, 0.5) is 0 Å². The second-order valence-electron chi connectivity index (χ2n) is 4.96. The standard InChI is InChI=1S/C16H23NO2/c1-3-17(13-9-5-6-10-13)16(18)14-11-7-8-12-15(14)19-4-2/h7-8,11-13H,3-6,9-10H2,1-2H3. The van der Waals surface area contributed by atoms with E-state index < -0.39 is 0 Å². The Morgan fingerprint density at radius 3 is 2.58 bits per heavy atom. The van der Waals surface area contributed by atoms with Crippen molar-refractivity contribution in [3.63, 3.8) is 0 Å². The fourth-order valence-corrected chi connectivity index (χ4v) is 2.86. The predicted octanol–water partition coefficient (Wildman–Crippen LogP) is 3.49. The van der Waals surface area contributed by atoms with Crippen LogP contribution in [0.3, 0.4) is 0 Å². The average molecular weight is 261 g/mol. The lowest BCUT2D eigenvalue weighted by atomic mass is 10.1. The van der Waals surface area contributed by atoms with E-state index in [0.29, 0.717) is 24.0 Å². The van der Waals surface area contributed by atoms with Crippen LogP contribution in [-0.2, 0) is 0 Å². The van der Waals surface area contributed by atoms with E-state index in [2.05, 4.69) is 6.92 Å². The number of hydrogen-bond donors (Lipinski definition) is 0. The number of nitrogens with zero attached hydrogens (tertiary/aromatic N) is 1. The molecule has 0 saturated heterocycles. The summed E-state index contributed by atoms with van der Waals surface area (Å²) in [7, 11) is 0. The molecule has 3 nitrogen and oxygen atoms in total. The third-order valence-corrected chi connectivity index (χ3v) is 3.78. The molecule has 0 unspecified atom stereocenters. The monoisotopic (exact) mass is 261 g/mol. The van der Waals surface area contributed by atoms with Crippen LogP contribution in [0.5, 0.6) is 5.75 Å². The molecule has 1 aromatic rings. The highest BCUT2D eigenvalue weighted by atomic mass is 16.5. The van der Waals surface area contributed by atoms with Crippen LogP contribution < -0.4 is 4.74 Å². The van der Waals surface area contributed by atoms with Crippen molar-refractivity contribution in [2.75, 3.05) is 13.2 Å². The molecule has 0 N–H and O–H groups in total. The third kappa shape index (κ3) is 3.09. The predicted molar refractivity (Wildman–Crippen MR) is 76.6 cm³/mol. The Hall–Kier alpha value is -1.51. The molecule has 0 spiro atoms. The van der Waals surface area contributed by atoms with Gasteiger partial charge in [0.05, 0.1) is 12.2 Å². The molecule has 0 radical (unpaired) electrons. The molecular formula is C16H23NO2. The maximum atomic E-state index is 12.7. The van der Waals surface area contributed by atoms with Crippen molar-refractivity contribution in [1.29, 1.82) is 0 Å². The molecule has 0 bridgehead atoms. The van der Waals surface area contributed by atoms with Gasteiger partial charge in [-0.05, 0) is 38.8 Å². The van der Waals surface area contributed by atoms with E-state index in [1.165, 1.54) is 12.8 Å². The fourth-order valence-electron chi connectivity index (χ4n) is 2.86. The van der Waals surface area contributed by atoms with E-state index in [-0.39, 0.29) is 5.91 Å². The first-order chi connectivity index (χ1) is 9.27. The Balaban J connectivity index is 2.21. The number of ether oxygens (including phenoxy) is 1. The van der Waals surface area contributed by atoms with Gasteiger partial charge in [0, 0.05) is 12.6 Å². The lowest BCUT2D eigenvalue weighted by molar-refractivity contribution is 0.0689. The summed E-state index contributed by atoms with van der Waals surface area (Å²) in [5.41, 5.74) is 0.693. The smallest absolute Gasteiger partial charge is 0.257 e. The molecule has 1 aliphatic carbocycles. The molecule has 0 heterocycles. The van der Waals surface area contributed by atoms with Gasteiger partial charge in [0.15, 0.2) is 0 Å². The van der Waals surface area contributed by atoms with Gasteiger partial charge in [-0.15, -0.1) is 0 Å². The Morgan fingerprint density at radius 1 is 1.26 bits per heavy atom. The van der Waals surface area contributed by atoms with E-state index in [9.17, 15) is 4.79 Å². The van der Waals surface area contributed by atoms with Gasteiger partial charge in [-0.25, -0.2) is 0 Å². The average Bonchev–Trinajstić information content (AvgIpc) is 2.94. The number of para-hydroxylation sites is 1. The fraction of sp³-hybridized carbons (Fsp3) is 0.562. The second kappa shape index (κ2) is 6.60. The molecule has 1 amide bonds. The van der Waals surface area contributed by atoms with Crippen molar-refractivity contribution in [2.45, 2.75) is 45.6 Å². The molecule has 0 aliphatic heterocycles. The van der Waals surface area contributed by atoms with Crippen molar-refractivity contribution >= 4 is 5.91 Å². The van der Waals surface area contributed by atoms with Crippen LogP contribution in [0.25, 0.3) is 0 Å². The molecule has 1 aliphatic rings. The quantitative estimate of drug-likeness (QED) is 0.812. The van der Waals surface area contributed by atoms with Crippen LogP contribution in [0.2, 0.25) is 0 Å². The molecular weight excluding hydrogens is 238 g/mol. The topological polar surface area (TPSA) is 29.5 Å². The molecule has 19 heavy (non-hydrogen) atoms. The van der Waals surface area contributed by atoms with E-state index >= 15 is 0 Å². The normalized spacial score (nSPS) is 15.5. The Kier molecular flexibility index (Phi) is 4.83. The number of hydrogen-bond acceptors (Lipinski definition) is 2. The molecule has 0 atom stereocenters. The highest BCUT2D eigenvalue weighted by Gasteiger charge is 2.27. The van der Waals surface area contributed by atoms with Crippen LogP contribution >= 0.6 is 0 Å². The van der Waals surface area contributed by atoms with Crippen LogP contribution in [0.15, 0.2) is 24.3 Å². The lowest BCUT2D eigenvalue weighted by Crippen LogP contribution is -2.38. The summed E-state index contributed by atoms with van der Waals surface area (Å²) in [5, 5.41) is 0. The summed E-state index contributed by atoms with van der Waals surface area (Å²) < 4.78 is 5.57. The van der Waals surface area contributed by atoms with Gasteiger partial charge in [-0.3, -0.25) is 4.79 Å². The van der Waals surface area contributed by atoms with E-state index in [1.54, 1.807) is 0 Å². The van der Waals surface area contributed by atoms with Crippen molar-refractivity contribution in [1.82, 2.24) is 4.90 Å². The maximum absolute atomic E-state index is 12.7. The SMILES string of the molecule is CCOc1ccccc1C(=O)N(CC)C1CCCC1. The van der Waals surface area contributed by atoms with Gasteiger partial charge in [-0.2, -0.15) is 0 Å². The van der Waals surface area contributed by atoms with Gasteiger partial charge < -0.3 is 9.64 Å². The minimum absolute atomic E-state index is 0.110. The molecule has 104 valence electrons. The molecule has 1 fully saturated rings. The molecule has 0 aromatic heterocycles. The Morgan fingerprint density at radius 2 is 1.95 bits per heavy atom. The van der Waals surface area contributed by atoms with Crippen molar-refractivity contribution in [2.24, 2.45) is 0 Å². The molecule has 1 aromatic carbocycles. The van der Waals surface area contributed by atoms with Gasteiger partial charge in [0.25, 0.3) is 5.91 Å². The first-order valence-electron chi connectivity index (χ1n) is 7.30. The van der Waals surface area contributed by atoms with Crippen molar-refractivity contribution in [3.8, 4) is 5.75 Å². The van der Waals surface area contributed by atoms with Crippen LogP contribution in [0.1, 0.15) is 49.9 Å². The molecule has 2 rings (SSSR count). The summed E-state index contributed by atoms with van der Waals surface area (Å²) in [5.74, 6) is 0.810. The highest BCUT2D eigenvalue weighted by Crippen LogP contribution is 2.27. The summed E-state index contributed by atoms with van der Waals surface area (Å²) in [6, 6.07) is 7.96. The highest BCUT2D eigenvalue weighted by molar-refractivity contribution is 5.97. The van der Waals surface area contributed by atoms with Gasteiger partial charge >= 0.3 is 0 Å². The molecule has 1 saturated carbocycles. The Bertz CT molecular complexity index is 425. The zero-order chi connectivity index (χ0) is 13.7. The third-order valence-electron chi connectivity index (χ3n) is 3.78. The second-order valence-corrected chi connectivity index (χ2v) is 4.96. The van der Waals surface area contributed by atoms with Gasteiger partial charge in [-0.1, -0.05) is 25.0 Å². The zero-order valence-corrected chi connectivity index (χ0v) is 11.9. The minimum Gasteiger partial charge on any atom is -0.493 e. The molecule has 3 heteroatoms.